The van der Waals surface area contributed by atoms with Gasteiger partial charge in [0.05, 0.1) is 12.7 Å². The predicted octanol–water partition coefficient (Wildman–Crippen LogP) is 2.75. The smallest absolute Gasteiger partial charge is 0.119 e. The molecule has 3 heteroatoms. The quantitative estimate of drug-likeness (QED) is 0.783. The lowest BCUT2D eigenvalue weighted by atomic mass is 10.1. The molecule has 0 aliphatic carbocycles. The molecule has 0 aliphatic heterocycles. The lowest BCUT2D eigenvalue weighted by molar-refractivity contribution is 0.120. The van der Waals surface area contributed by atoms with E-state index < -0.39 is 0 Å². The van der Waals surface area contributed by atoms with Gasteiger partial charge >= 0.3 is 0 Å². The van der Waals surface area contributed by atoms with E-state index in [1.807, 2.05) is 39.0 Å². The molecule has 0 heterocycles. The summed E-state index contributed by atoms with van der Waals surface area (Å²) in [7, 11) is 0. The van der Waals surface area contributed by atoms with Crippen LogP contribution in [0.5, 0.6) is 5.75 Å². The molecule has 0 aliphatic rings. The summed E-state index contributed by atoms with van der Waals surface area (Å²) in [6.45, 7) is 9.40. The summed E-state index contributed by atoms with van der Waals surface area (Å²) in [5, 5.41) is 13.1. The molecule has 0 saturated heterocycles. The third kappa shape index (κ3) is 4.67. The summed E-state index contributed by atoms with van der Waals surface area (Å²) in [5.74, 6) is 1.17. The van der Waals surface area contributed by atoms with Crippen molar-refractivity contribution in [2.24, 2.45) is 5.92 Å². The van der Waals surface area contributed by atoms with Gasteiger partial charge < -0.3 is 15.2 Å². The van der Waals surface area contributed by atoms with Gasteiger partial charge in [-0.05, 0) is 37.5 Å². The zero-order chi connectivity index (χ0) is 13.5. The van der Waals surface area contributed by atoms with Gasteiger partial charge in [-0.1, -0.05) is 26.0 Å². The van der Waals surface area contributed by atoms with Crippen molar-refractivity contribution < 1.29 is 9.84 Å². The van der Waals surface area contributed by atoms with Gasteiger partial charge in [0.25, 0.3) is 0 Å². The molecule has 0 aromatic heterocycles. The van der Waals surface area contributed by atoms with E-state index in [4.69, 9.17) is 4.74 Å². The Labute approximate surface area is 110 Å². The zero-order valence-electron chi connectivity index (χ0n) is 11.8. The van der Waals surface area contributed by atoms with E-state index in [1.165, 1.54) is 5.56 Å². The van der Waals surface area contributed by atoms with Crippen molar-refractivity contribution in [2.75, 3.05) is 13.2 Å². The van der Waals surface area contributed by atoms with Crippen molar-refractivity contribution in [1.82, 2.24) is 5.32 Å². The van der Waals surface area contributed by atoms with E-state index in [-0.39, 0.29) is 18.1 Å². The molecule has 1 rings (SSSR count). The Kier molecular flexibility index (Phi) is 6.16. The Morgan fingerprint density at radius 3 is 2.61 bits per heavy atom. The summed E-state index contributed by atoms with van der Waals surface area (Å²) in [6, 6.07) is 8.28. The first-order chi connectivity index (χ1) is 8.54. The molecular formula is C15H25NO2. The number of hydrogen-bond donors (Lipinski definition) is 2. The second-order valence-corrected chi connectivity index (χ2v) is 4.95. The van der Waals surface area contributed by atoms with Gasteiger partial charge in [-0.15, -0.1) is 0 Å². The Bertz CT molecular complexity index is 352. The van der Waals surface area contributed by atoms with Crippen LogP contribution in [0.1, 0.15) is 39.3 Å². The zero-order valence-corrected chi connectivity index (χ0v) is 11.8. The van der Waals surface area contributed by atoms with Crippen LogP contribution in [0.4, 0.5) is 0 Å². The molecule has 18 heavy (non-hydrogen) atoms. The maximum Gasteiger partial charge on any atom is 0.119 e. The lowest BCUT2D eigenvalue weighted by Crippen LogP contribution is -2.32. The van der Waals surface area contributed by atoms with Crippen molar-refractivity contribution in [3.63, 3.8) is 0 Å². The minimum atomic E-state index is -0.303. The molecule has 1 aromatic carbocycles. The van der Waals surface area contributed by atoms with Crippen LogP contribution in [0, 0.1) is 5.92 Å². The molecule has 0 amide bonds. The minimum Gasteiger partial charge on any atom is -0.494 e. The van der Waals surface area contributed by atoms with Crippen LogP contribution < -0.4 is 10.1 Å². The lowest BCUT2D eigenvalue weighted by Gasteiger charge is -2.20. The normalized spacial score (nSPS) is 14.6. The number of ether oxygens (including phenoxy) is 1. The summed E-state index contributed by atoms with van der Waals surface area (Å²) in [4.78, 5) is 0. The maximum absolute atomic E-state index is 9.77. The number of benzene rings is 1. The molecule has 2 atom stereocenters. The summed E-state index contributed by atoms with van der Waals surface area (Å²) in [5.41, 5.74) is 1.18. The maximum atomic E-state index is 9.77. The first-order valence-corrected chi connectivity index (χ1v) is 6.68. The molecule has 3 nitrogen and oxygen atoms in total. The van der Waals surface area contributed by atoms with Gasteiger partial charge in [0.2, 0.25) is 0 Å². The topological polar surface area (TPSA) is 41.5 Å². The predicted molar refractivity (Wildman–Crippen MR) is 74.9 cm³/mol. The van der Waals surface area contributed by atoms with Crippen molar-refractivity contribution >= 4 is 0 Å². The van der Waals surface area contributed by atoms with Crippen LogP contribution in [-0.2, 0) is 0 Å². The van der Waals surface area contributed by atoms with Gasteiger partial charge in [0.1, 0.15) is 5.75 Å². The Morgan fingerprint density at radius 2 is 2.00 bits per heavy atom. The van der Waals surface area contributed by atoms with Crippen LogP contribution in [0.3, 0.4) is 0 Å². The Balaban J connectivity index is 2.55. The first-order valence-electron chi connectivity index (χ1n) is 6.68. The molecule has 0 fully saturated rings. The molecule has 1 aromatic rings. The number of hydrogen-bond acceptors (Lipinski definition) is 3. The third-order valence-electron chi connectivity index (χ3n) is 3.07. The van der Waals surface area contributed by atoms with Gasteiger partial charge in [-0.3, -0.25) is 0 Å². The van der Waals surface area contributed by atoms with Crippen LogP contribution in [0.2, 0.25) is 0 Å². The van der Waals surface area contributed by atoms with Gasteiger partial charge in [-0.2, -0.15) is 0 Å². The fourth-order valence-corrected chi connectivity index (χ4v) is 1.69. The number of aliphatic hydroxyl groups is 1. The summed E-state index contributed by atoms with van der Waals surface area (Å²) >= 11 is 0. The Morgan fingerprint density at radius 1 is 1.28 bits per heavy atom. The fraction of sp³-hybridized carbons (Fsp3) is 0.600. The molecular weight excluding hydrogens is 226 g/mol. The van der Waals surface area contributed by atoms with Gasteiger partial charge in [0.15, 0.2) is 0 Å². The molecule has 2 unspecified atom stereocenters. The van der Waals surface area contributed by atoms with Crippen molar-refractivity contribution in [3.8, 4) is 5.75 Å². The van der Waals surface area contributed by atoms with E-state index >= 15 is 0 Å². The average molecular weight is 251 g/mol. The van der Waals surface area contributed by atoms with E-state index in [1.54, 1.807) is 0 Å². The monoisotopic (exact) mass is 251 g/mol. The summed E-state index contributed by atoms with van der Waals surface area (Å²) < 4.78 is 5.48. The van der Waals surface area contributed by atoms with E-state index in [0.29, 0.717) is 13.2 Å². The fourth-order valence-electron chi connectivity index (χ4n) is 1.69. The molecule has 0 bridgehead atoms. The van der Waals surface area contributed by atoms with Gasteiger partial charge in [-0.25, -0.2) is 0 Å². The second-order valence-electron chi connectivity index (χ2n) is 4.95. The van der Waals surface area contributed by atoms with E-state index in [9.17, 15) is 5.11 Å². The van der Waals surface area contributed by atoms with Crippen LogP contribution in [-0.4, -0.2) is 24.4 Å². The SMILES string of the molecule is CCOc1cccc(C(C)NCC(O)C(C)C)c1. The highest BCUT2D eigenvalue weighted by Crippen LogP contribution is 2.19. The first kappa shape index (κ1) is 15.0. The molecule has 0 saturated carbocycles. The minimum absolute atomic E-state index is 0.207. The van der Waals surface area contributed by atoms with Crippen LogP contribution >= 0.6 is 0 Å². The van der Waals surface area contributed by atoms with Gasteiger partial charge in [0, 0.05) is 12.6 Å². The second kappa shape index (κ2) is 7.39. The third-order valence-corrected chi connectivity index (χ3v) is 3.07. The van der Waals surface area contributed by atoms with Crippen molar-refractivity contribution in [1.29, 1.82) is 0 Å². The highest BCUT2D eigenvalue weighted by molar-refractivity contribution is 5.30. The highest BCUT2D eigenvalue weighted by atomic mass is 16.5. The van der Waals surface area contributed by atoms with Crippen molar-refractivity contribution in [2.45, 2.75) is 39.8 Å². The summed E-state index contributed by atoms with van der Waals surface area (Å²) in [6.07, 6.45) is -0.303. The van der Waals surface area contributed by atoms with E-state index in [2.05, 4.69) is 18.3 Å². The van der Waals surface area contributed by atoms with Crippen molar-refractivity contribution in [3.05, 3.63) is 29.8 Å². The highest BCUT2D eigenvalue weighted by Gasteiger charge is 2.11. The van der Waals surface area contributed by atoms with E-state index in [0.717, 1.165) is 5.75 Å². The number of nitrogens with one attached hydrogen (secondary N) is 1. The largest absolute Gasteiger partial charge is 0.494 e. The van der Waals surface area contributed by atoms with Crippen LogP contribution in [0.15, 0.2) is 24.3 Å². The molecule has 0 spiro atoms. The standard InChI is InChI=1S/C15H25NO2/c1-5-18-14-8-6-7-13(9-14)12(4)16-10-15(17)11(2)3/h6-9,11-12,15-17H,5,10H2,1-4H3. The van der Waals surface area contributed by atoms with Crippen LogP contribution in [0.25, 0.3) is 0 Å². The molecule has 2 N–H and O–H groups in total. The molecule has 102 valence electrons. The average Bonchev–Trinajstić information content (AvgIpc) is 2.36. The Hall–Kier alpha value is -1.06. The number of rotatable bonds is 7. The molecule has 0 radical (unpaired) electrons. The number of aliphatic hydroxyl groups excluding tert-OH is 1.